The lowest BCUT2D eigenvalue weighted by Crippen LogP contribution is -2.29. The number of alkyl halides is 3. The smallest absolute Gasteiger partial charge is 0.306 e. The monoisotopic (exact) mass is 229 g/mol. The molecule has 1 atom stereocenters. The third kappa shape index (κ3) is 7.50. The minimum Gasteiger partial charge on any atom is -0.306 e. The van der Waals surface area contributed by atoms with Crippen molar-refractivity contribution in [2.24, 2.45) is 5.92 Å². The van der Waals surface area contributed by atoms with Gasteiger partial charge in [0.25, 0.3) is 0 Å². The van der Waals surface area contributed by atoms with Crippen LogP contribution in [-0.4, -0.2) is 37.0 Å². The maximum absolute atomic E-state index is 11.9. The van der Waals surface area contributed by atoms with Crippen LogP contribution in [0.25, 0.3) is 0 Å². The van der Waals surface area contributed by atoms with E-state index in [-0.39, 0.29) is 6.54 Å². The second kappa shape index (κ2) is 6.56. The van der Waals surface area contributed by atoms with E-state index in [1.54, 1.807) is 11.9 Å². The fraction of sp³-hybridized carbons (Fsp3) is 1.00. The van der Waals surface area contributed by atoms with Gasteiger partial charge in [-0.05, 0) is 18.7 Å². The lowest BCUT2D eigenvalue weighted by atomic mass is 10.1. The number of hydrogen-bond donors (Lipinski definition) is 1. The van der Waals surface area contributed by atoms with E-state index in [0.717, 1.165) is 12.2 Å². The summed E-state index contributed by atoms with van der Waals surface area (Å²) in [4.78, 5) is 1.72. The largest absolute Gasteiger partial charge is 0.390 e. The highest BCUT2D eigenvalue weighted by atomic mass is 32.1. The molecule has 0 saturated carbocycles. The summed E-state index contributed by atoms with van der Waals surface area (Å²) in [6.45, 7) is 2.79. The second-order valence-corrected chi connectivity index (χ2v) is 3.95. The SMILES string of the molecule is CCC(CS)CN(C)CCC(F)(F)F. The first-order chi connectivity index (χ1) is 6.39. The minimum absolute atomic E-state index is 0.0772. The summed E-state index contributed by atoms with van der Waals surface area (Å²) in [5.41, 5.74) is 0. The molecule has 0 fully saturated rings. The third-order valence-corrected chi connectivity index (χ3v) is 2.70. The Bertz CT molecular complexity index is 145. The van der Waals surface area contributed by atoms with Gasteiger partial charge in [-0.15, -0.1) is 0 Å². The molecule has 0 aromatic rings. The van der Waals surface area contributed by atoms with E-state index in [2.05, 4.69) is 12.6 Å². The highest BCUT2D eigenvalue weighted by Gasteiger charge is 2.27. The summed E-state index contributed by atoms with van der Waals surface area (Å²) in [5, 5.41) is 0. The van der Waals surface area contributed by atoms with Gasteiger partial charge in [0.1, 0.15) is 0 Å². The van der Waals surface area contributed by atoms with Gasteiger partial charge >= 0.3 is 6.18 Å². The number of halogens is 3. The molecule has 0 heterocycles. The molecule has 0 N–H and O–H groups in total. The van der Waals surface area contributed by atoms with E-state index in [4.69, 9.17) is 0 Å². The Kier molecular flexibility index (Phi) is 6.61. The van der Waals surface area contributed by atoms with Gasteiger partial charge in [-0.1, -0.05) is 13.3 Å². The lowest BCUT2D eigenvalue weighted by molar-refractivity contribution is -0.137. The molecule has 14 heavy (non-hydrogen) atoms. The van der Waals surface area contributed by atoms with E-state index in [1.165, 1.54) is 0 Å². The maximum Gasteiger partial charge on any atom is 0.390 e. The molecule has 0 aromatic heterocycles. The summed E-state index contributed by atoms with van der Waals surface area (Å²) in [6, 6.07) is 0. The van der Waals surface area contributed by atoms with E-state index in [1.807, 2.05) is 6.92 Å². The number of rotatable bonds is 6. The molecule has 0 aliphatic carbocycles. The number of hydrogen-bond acceptors (Lipinski definition) is 2. The molecule has 5 heteroatoms. The van der Waals surface area contributed by atoms with Gasteiger partial charge in [0.2, 0.25) is 0 Å². The fourth-order valence-corrected chi connectivity index (χ4v) is 1.54. The maximum atomic E-state index is 11.9. The van der Waals surface area contributed by atoms with Crippen LogP contribution >= 0.6 is 12.6 Å². The summed E-state index contributed by atoms with van der Waals surface area (Å²) < 4.78 is 35.6. The Hall–Kier alpha value is 0.100. The summed E-state index contributed by atoms with van der Waals surface area (Å²) in [7, 11) is 1.72. The highest BCUT2D eigenvalue weighted by Crippen LogP contribution is 2.19. The number of thiol groups is 1. The van der Waals surface area contributed by atoms with Crippen molar-refractivity contribution in [2.75, 3.05) is 25.9 Å². The van der Waals surface area contributed by atoms with Crippen LogP contribution in [0.4, 0.5) is 13.2 Å². The first-order valence-electron chi connectivity index (χ1n) is 4.75. The quantitative estimate of drug-likeness (QED) is 0.685. The summed E-state index contributed by atoms with van der Waals surface area (Å²) >= 11 is 4.15. The molecular formula is C9H18F3NS. The Labute approximate surface area is 89.1 Å². The van der Waals surface area contributed by atoms with Gasteiger partial charge in [-0.2, -0.15) is 25.8 Å². The van der Waals surface area contributed by atoms with Crippen LogP contribution in [0.3, 0.4) is 0 Å². The van der Waals surface area contributed by atoms with Crippen molar-refractivity contribution in [3.63, 3.8) is 0 Å². The molecule has 0 aromatic carbocycles. The minimum atomic E-state index is -4.04. The standard InChI is InChI=1S/C9H18F3NS/c1-3-8(7-14)6-13(2)5-4-9(10,11)12/h8,14H,3-7H2,1-2H3. The molecule has 0 rings (SSSR count). The molecule has 0 radical (unpaired) electrons. The van der Waals surface area contributed by atoms with Crippen molar-refractivity contribution in [1.82, 2.24) is 4.90 Å². The van der Waals surface area contributed by atoms with E-state index < -0.39 is 12.6 Å². The summed E-state index contributed by atoms with van der Waals surface area (Å²) in [6.07, 6.45) is -3.82. The van der Waals surface area contributed by atoms with Crippen molar-refractivity contribution in [2.45, 2.75) is 25.9 Å². The first kappa shape index (κ1) is 14.1. The first-order valence-corrected chi connectivity index (χ1v) is 5.38. The van der Waals surface area contributed by atoms with Gasteiger partial charge < -0.3 is 4.90 Å². The zero-order valence-electron chi connectivity index (χ0n) is 8.64. The highest BCUT2D eigenvalue weighted by molar-refractivity contribution is 7.80. The Morgan fingerprint density at radius 3 is 2.29 bits per heavy atom. The van der Waals surface area contributed by atoms with Crippen LogP contribution in [0.2, 0.25) is 0 Å². The summed E-state index contributed by atoms with van der Waals surface area (Å²) in [5.74, 6) is 1.11. The average molecular weight is 229 g/mol. The molecule has 1 unspecified atom stereocenters. The molecule has 0 saturated heterocycles. The van der Waals surface area contributed by atoms with Crippen molar-refractivity contribution in [3.05, 3.63) is 0 Å². The van der Waals surface area contributed by atoms with Crippen LogP contribution in [0, 0.1) is 5.92 Å². The van der Waals surface area contributed by atoms with E-state index in [0.29, 0.717) is 12.5 Å². The zero-order chi connectivity index (χ0) is 11.2. The second-order valence-electron chi connectivity index (χ2n) is 3.58. The van der Waals surface area contributed by atoms with Gasteiger partial charge in [-0.25, -0.2) is 0 Å². The third-order valence-electron chi connectivity index (χ3n) is 2.18. The normalized spacial score (nSPS) is 14.8. The molecule has 0 spiro atoms. The van der Waals surface area contributed by atoms with Crippen molar-refractivity contribution in [1.29, 1.82) is 0 Å². The van der Waals surface area contributed by atoms with Crippen molar-refractivity contribution >= 4 is 12.6 Å². The predicted molar refractivity (Wildman–Crippen MR) is 55.8 cm³/mol. The molecule has 0 amide bonds. The van der Waals surface area contributed by atoms with Crippen molar-refractivity contribution < 1.29 is 13.2 Å². The van der Waals surface area contributed by atoms with E-state index >= 15 is 0 Å². The van der Waals surface area contributed by atoms with Crippen molar-refractivity contribution in [3.8, 4) is 0 Å². The van der Waals surface area contributed by atoms with Gasteiger partial charge in [-0.3, -0.25) is 0 Å². The van der Waals surface area contributed by atoms with Gasteiger partial charge in [0.15, 0.2) is 0 Å². The lowest BCUT2D eigenvalue weighted by Gasteiger charge is -2.22. The van der Waals surface area contributed by atoms with E-state index in [9.17, 15) is 13.2 Å². The molecular weight excluding hydrogens is 211 g/mol. The Morgan fingerprint density at radius 1 is 1.36 bits per heavy atom. The Balaban J connectivity index is 3.69. The Morgan fingerprint density at radius 2 is 1.93 bits per heavy atom. The van der Waals surface area contributed by atoms with Crippen LogP contribution in [0.1, 0.15) is 19.8 Å². The molecule has 0 bridgehead atoms. The van der Waals surface area contributed by atoms with Gasteiger partial charge in [0, 0.05) is 13.1 Å². The molecule has 0 aliphatic rings. The molecule has 86 valence electrons. The molecule has 0 aliphatic heterocycles. The van der Waals surface area contributed by atoms with Crippen LogP contribution < -0.4 is 0 Å². The predicted octanol–water partition coefficient (Wildman–Crippen LogP) is 2.83. The topological polar surface area (TPSA) is 3.24 Å². The zero-order valence-corrected chi connectivity index (χ0v) is 9.54. The van der Waals surface area contributed by atoms with Crippen LogP contribution in [-0.2, 0) is 0 Å². The van der Waals surface area contributed by atoms with Gasteiger partial charge in [0.05, 0.1) is 6.42 Å². The molecule has 1 nitrogen and oxygen atoms in total. The number of nitrogens with zero attached hydrogens (tertiary/aromatic N) is 1. The fourth-order valence-electron chi connectivity index (χ4n) is 1.17. The van der Waals surface area contributed by atoms with Crippen LogP contribution in [0.5, 0.6) is 0 Å². The average Bonchev–Trinajstić information content (AvgIpc) is 2.09. The van der Waals surface area contributed by atoms with Crippen LogP contribution in [0.15, 0.2) is 0 Å².